The molecule has 0 atom stereocenters. The van der Waals surface area contributed by atoms with E-state index in [1.165, 1.54) is 11.1 Å². The molecule has 45 heavy (non-hydrogen) atoms. The molecule has 4 saturated carbocycles. The first-order chi connectivity index (χ1) is 21.4. The number of methoxy groups -OCH3 is 1. The zero-order valence-electron chi connectivity index (χ0n) is 27.6. The largest absolute Gasteiger partial charge is 0.496 e. The summed E-state index contributed by atoms with van der Waals surface area (Å²) < 4.78 is 7.52. The molecule has 0 unspecified atom stereocenters. The highest BCUT2D eigenvalue weighted by Gasteiger charge is 2.50. The molecule has 7 rings (SSSR count). The molecule has 0 aliphatic heterocycles. The average Bonchev–Trinajstić information content (AvgIpc) is 3.56. The Morgan fingerprint density at radius 2 is 1.62 bits per heavy atom. The van der Waals surface area contributed by atoms with Crippen molar-refractivity contribution in [1.82, 2.24) is 9.78 Å². The zero-order chi connectivity index (χ0) is 32.0. The lowest BCUT2D eigenvalue weighted by Gasteiger charge is -2.55. The van der Waals surface area contributed by atoms with E-state index < -0.39 is 5.97 Å². The highest BCUT2D eigenvalue weighted by atomic mass is 16.5. The van der Waals surface area contributed by atoms with E-state index in [4.69, 9.17) is 4.74 Å². The van der Waals surface area contributed by atoms with Gasteiger partial charge in [0.25, 0.3) is 0 Å². The molecule has 240 valence electrons. The Balaban J connectivity index is 1.27. The van der Waals surface area contributed by atoms with E-state index in [9.17, 15) is 14.7 Å². The van der Waals surface area contributed by atoms with Crippen LogP contribution < -0.4 is 9.64 Å². The number of aromatic nitrogens is 2. The van der Waals surface area contributed by atoms with E-state index in [-0.39, 0.29) is 34.1 Å². The van der Waals surface area contributed by atoms with Gasteiger partial charge >= 0.3 is 5.97 Å². The summed E-state index contributed by atoms with van der Waals surface area (Å²) in [7, 11) is 1.73. The van der Waals surface area contributed by atoms with Crippen molar-refractivity contribution in [2.45, 2.75) is 103 Å². The fourth-order valence-electron chi connectivity index (χ4n) is 8.27. The minimum atomic E-state index is -0.736. The van der Waals surface area contributed by atoms with Crippen LogP contribution in [-0.2, 0) is 20.5 Å². The van der Waals surface area contributed by atoms with Crippen molar-refractivity contribution in [2.75, 3.05) is 18.6 Å². The van der Waals surface area contributed by atoms with Gasteiger partial charge in [0.2, 0.25) is 5.91 Å². The number of rotatable bonds is 8. The topological polar surface area (TPSA) is 84.7 Å². The number of nitrogens with zero attached hydrogens (tertiary/aromatic N) is 3. The lowest BCUT2D eigenvalue weighted by Crippen LogP contribution is -2.51. The molecule has 2 bridgehead atoms. The van der Waals surface area contributed by atoms with E-state index >= 15 is 0 Å². The molecule has 1 aromatic heterocycles. The summed E-state index contributed by atoms with van der Waals surface area (Å²) in [5, 5.41) is 14.2. The number of ether oxygens (including phenoxy) is 1. The van der Waals surface area contributed by atoms with Crippen LogP contribution in [0.4, 0.5) is 5.69 Å². The number of benzene rings is 2. The van der Waals surface area contributed by atoms with Gasteiger partial charge in [-0.25, -0.2) is 0 Å². The van der Waals surface area contributed by atoms with Crippen LogP contribution in [0.1, 0.15) is 96.1 Å². The lowest BCUT2D eigenvalue weighted by atomic mass is 9.51. The quantitative estimate of drug-likeness (QED) is 0.278. The van der Waals surface area contributed by atoms with Crippen LogP contribution in [0.25, 0.3) is 11.1 Å². The number of amides is 1. The smallest absolute Gasteiger partial charge is 0.306 e. The molecule has 4 fully saturated rings. The molecule has 3 aromatic rings. The summed E-state index contributed by atoms with van der Waals surface area (Å²) >= 11 is 0. The molecule has 1 N–H and O–H groups in total. The molecule has 4 aliphatic carbocycles. The third-order valence-electron chi connectivity index (χ3n) is 11.4. The van der Waals surface area contributed by atoms with Gasteiger partial charge in [0.1, 0.15) is 5.75 Å². The summed E-state index contributed by atoms with van der Waals surface area (Å²) in [6, 6.07) is 15.1. The monoisotopic (exact) mass is 611 g/mol. The Bertz CT molecular complexity index is 1530. The minimum absolute atomic E-state index is 0.0876. The Labute approximate surface area is 268 Å². The van der Waals surface area contributed by atoms with Crippen LogP contribution >= 0.6 is 0 Å². The number of fused-ring (bicyclic) bond motifs is 3. The Hall–Kier alpha value is -3.61. The molecule has 1 heterocycles. The van der Waals surface area contributed by atoms with Crippen LogP contribution in [0.2, 0.25) is 0 Å². The summed E-state index contributed by atoms with van der Waals surface area (Å²) in [6.45, 7) is 9.26. The first-order valence-electron chi connectivity index (χ1n) is 16.8. The number of aliphatic carboxylic acids is 1. The van der Waals surface area contributed by atoms with Crippen molar-refractivity contribution in [3.05, 3.63) is 66.0 Å². The Kier molecular flexibility index (Phi) is 8.34. The van der Waals surface area contributed by atoms with E-state index in [0.29, 0.717) is 32.2 Å². The molecular weight excluding hydrogens is 562 g/mol. The maximum atomic E-state index is 14.4. The third kappa shape index (κ3) is 6.15. The predicted octanol–water partition coefficient (Wildman–Crippen LogP) is 8.14. The number of carbonyl (C=O) groups is 2. The van der Waals surface area contributed by atoms with Crippen molar-refractivity contribution >= 4 is 17.6 Å². The number of carboxylic acid groups (broad SMARTS) is 1. The first kappa shape index (κ1) is 31.4. The Morgan fingerprint density at radius 1 is 0.956 bits per heavy atom. The standard InChI is InChI=1S/C38H49N3O4/c1-26-21-31(13-14-33(26)45-5)38-18-15-37(16-19-38,17-20-38)25-40(34(42)27-9-11-28(12-10-27)35(43)44)32-8-6-7-29(22-32)30-23-39-41(24-30)36(2,3)4/h6-8,13-14,21-24,27-28H,9-12,15-20,25H2,1-5H3,(H,43,44). The molecule has 0 spiro atoms. The van der Waals surface area contributed by atoms with Crippen LogP contribution in [0.15, 0.2) is 54.9 Å². The van der Waals surface area contributed by atoms with E-state index in [1.807, 2.05) is 10.9 Å². The maximum absolute atomic E-state index is 14.4. The highest BCUT2D eigenvalue weighted by Crippen LogP contribution is 2.58. The molecule has 7 nitrogen and oxygen atoms in total. The first-order valence-corrected chi connectivity index (χ1v) is 16.8. The fourth-order valence-corrected chi connectivity index (χ4v) is 8.27. The van der Waals surface area contributed by atoms with E-state index in [1.54, 1.807) is 7.11 Å². The van der Waals surface area contributed by atoms with Gasteiger partial charge in [0.15, 0.2) is 0 Å². The SMILES string of the molecule is COc1ccc(C23CCC(CN(C(=O)C4CCC(C(=O)O)CC4)c4cccc(-c5cnn(C(C)(C)C)c5)c4)(CC2)CC3)cc1C. The van der Waals surface area contributed by atoms with Gasteiger partial charge in [0.05, 0.1) is 24.8 Å². The average molecular weight is 612 g/mol. The number of hydrogen-bond donors (Lipinski definition) is 1. The van der Waals surface area contributed by atoms with Crippen molar-refractivity contribution < 1.29 is 19.4 Å². The molecule has 2 aromatic carbocycles. The summed E-state index contributed by atoms with van der Waals surface area (Å²) in [6.07, 6.45) is 13.1. The number of anilines is 1. The number of hydrogen-bond acceptors (Lipinski definition) is 4. The summed E-state index contributed by atoms with van der Waals surface area (Å²) in [5.74, 6) is -0.118. The van der Waals surface area contributed by atoms with Crippen molar-refractivity contribution in [3.63, 3.8) is 0 Å². The van der Waals surface area contributed by atoms with Crippen LogP contribution in [0.5, 0.6) is 5.75 Å². The maximum Gasteiger partial charge on any atom is 0.306 e. The van der Waals surface area contributed by atoms with Crippen molar-refractivity contribution in [3.8, 4) is 16.9 Å². The summed E-state index contributed by atoms with van der Waals surface area (Å²) in [5.41, 5.74) is 5.82. The van der Waals surface area contributed by atoms with Gasteiger partial charge in [-0.2, -0.15) is 5.10 Å². The molecule has 1 amide bonds. The Morgan fingerprint density at radius 3 is 2.20 bits per heavy atom. The molecule has 0 radical (unpaired) electrons. The lowest BCUT2D eigenvalue weighted by molar-refractivity contribution is -0.144. The third-order valence-corrected chi connectivity index (χ3v) is 11.4. The minimum Gasteiger partial charge on any atom is -0.496 e. The van der Waals surface area contributed by atoms with Crippen molar-refractivity contribution in [1.29, 1.82) is 0 Å². The number of carboxylic acids is 1. The number of aryl methyl sites for hydroxylation is 1. The summed E-state index contributed by atoms with van der Waals surface area (Å²) in [4.78, 5) is 28.2. The zero-order valence-corrected chi connectivity index (χ0v) is 27.6. The second-order valence-electron chi connectivity index (χ2n) is 15.2. The van der Waals surface area contributed by atoms with Crippen LogP contribution in [-0.4, -0.2) is 40.4 Å². The van der Waals surface area contributed by atoms with E-state index in [2.05, 4.69) is 86.4 Å². The molecule has 4 aliphatic rings. The molecule has 7 heteroatoms. The van der Waals surface area contributed by atoms with Gasteiger partial charge in [-0.15, -0.1) is 0 Å². The van der Waals surface area contributed by atoms with Crippen molar-refractivity contribution in [2.24, 2.45) is 17.3 Å². The van der Waals surface area contributed by atoms with Gasteiger partial charge in [-0.1, -0.05) is 24.3 Å². The highest BCUT2D eigenvalue weighted by molar-refractivity contribution is 5.96. The predicted molar refractivity (Wildman–Crippen MR) is 178 cm³/mol. The second-order valence-corrected chi connectivity index (χ2v) is 15.2. The van der Waals surface area contributed by atoms with Crippen LogP contribution in [0.3, 0.4) is 0 Å². The van der Waals surface area contributed by atoms with Gasteiger partial charge in [0, 0.05) is 29.9 Å². The normalized spacial score (nSPS) is 26.4. The van der Waals surface area contributed by atoms with Gasteiger partial charge < -0.3 is 14.7 Å². The number of carbonyl (C=O) groups excluding carboxylic acids is 1. The molecular formula is C38H49N3O4. The van der Waals surface area contributed by atoms with Gasteiger partial charge in [-0.05, 0) is 138 Å². The van der Waals surface area contributed by atoms with E-state index in [0.717, 1.165) is 61.1 Å². The second kappa shape index (κ2) is 12.0. The molecule has 0 saturated heterocycles. The fraction of sp³-hybridized carbons (Fsp3) is 0.553. The van der Waals surface area contributed by atoms with Crippen LogP contribution in [0, 0.1) is 24.2 Å². The van der Waals surface area contributed by atoms with Gasteiger partial charge in [-0.3, -0.25) is 14.3 Å².